The maximum absolute atomic E-state index is 12.2. The second-order valence-electron chi connectivity index (χ2n) is 4.90. The Hall–Kier alpha value is -2.18. The average molecular weight is 344 g/mol. The van der Waals surface area contributed by atoms with Crippen LogP contribution in [0.1, 0.15) is 10.4 Å². The number of hydrogen-bond acceptors (Lipinski definition) is 5. The molecule has 3 aromatic rings. The van der Waals surface area contributed by atoms with Crippen molar-refractivity contribution in [2.24, 2.45) is 0 Å². The molecular formula is C17H16N2O2S2. The van der Waals surface area contributed by atoms with Crippen LogP contribution < -0.4 is 10.1 Å². The summed E-state index contributed by atoms with van der Waals surface area (Å²) in [6.45, 7) is 0.510. The van der Waals surface area contributed by atoms with Crippen LogP contribution in [0.15, 0.2) is 47.3 Å². The van der Waals surface area contributed by atoms with E-state index in [2.05, 4.69) is 10.3 Å². The SMILES string of the molecule is COc1ccc(CNC(=O)Cc2scnc2-c2cccs2)cc1. The topological polar surface area (TPSA) is 51.2 Å². The highest BCUT2D eigenvalue weighted by molar-refractivity contribution is 7.14. The molecule has 0 aliphatic heterocycles. The van der Waals surface area contributed by atoms with Crippen LogP contribution in [0, 0.1) is 0 Å². The minimum Gasteiger partial charge on any atom is -0.497 e. The molecule has 0 atom stereocenters. The van der Waals surface area contributed by atoms with Crippen molar-refractivity contribution < 1.29 is 9.53 Å². The van der Waals surface area contributed by atoms with Crippen LogP contribution >= 0.6 is 22.7 Å². The summed E-state index contributed by atoms with van der Waals surface area (Å²) in [5.74, 6) is 0.813. The second-order valence-corrected chi connectivity index (χ2v) is 6.79. The van der Waals surface area contributed by atoms with Crippen molar-refractivity contribution in [3.8, 4) is 16.3 Å². The Morgan fingerprint density at radius 3 is 2.74 bits per heavy atom. The van der Waals surface area contributed by atoms with Crippen LogP contribution in [0.25, 0.3) is 10.6 Å². The van der Waals surface area contributed by atoms with E-state index in [1.807, 2.05) is 41.8 Å². The Bertz CT molecular complexity index is 764. The number of thiophene rings is 1. The Kier molecular flexibility index (Phi) is 5.05. The van der Waals surface area contributed by atoms with E-state index in [1.165, 1.54) is 11.3 Å². The van der Waals surface area contributed by atoms with Gasteiger partial charge in [0.1, 0.15) is 5.75 Å². The van der Waals surface area contributed by atoms with Crippen molar-refractivity contribution in [1.82, 2.24) is 10.3 Å². The number of carbonyl (C=O) groups excluding carboxylic acids is 1. The first kappa shape index (κ1) is 15.7. The number of carbonyl (C=O) groups is 1. The molecule has 1 aromatic carbocycles. The molecule has 0 unspecified atom stereocenters. The first-order valence-electron chi connectivity index (χ1n) is 7.12. The maximum Gasteiger partial charge on any atom is 0.225 e. The third-order valence-corrected chi connectivity index (χ3v) is 5.07. The summed E-state index contributed by atoms with van der Waals surface area (Å²) in [7, 11) is 1.64. The van der Waals surface area contributed by atoms with E-state index in [4.69, 9.17) is 4.74 Å². The predicted octanol–water partition coefficient (Wildman–Crippen LogP) is 3.74. The van der Waals surface area contributed by atoms with E-state index in [-0.39, 0.29) is 5.91 Å². The number of nitrogens with zero attached hydrogens (tertiary/aromatic N) is 1. The first-order valence-corrected chi connectivity index (χ1v) is 8.88. The first-order chi connectivity index (χ1) is 11.3. The molecule has 0 radical (unpaired) electrons. The van der Waals surface area contributed by atoms with Gasteiger partial charge in [0.2, 0.25) is 5.91 Å². The lowest BCUT2D eigenvalue weighted by Gasteiger charge is -2.06. The highest BCUT2D eigenvalue weighted by Gasteiger charge is 2.13. The number of nitrogens with one attached hydrogen (secondary N) is 1. The van der Waals surface area contributed by atoms with Crippen molar-refractivity contribution in [3.05, 3.63) is 57.7 Å². The van der Waals surface area contributed by atoms with E-state index >= 15 is 0 Å². The van der Waals surface area contributed by atoms with Gasteiger partial charge in [0, 0.05) is 11.4 Å². The summed E-state index contributed by atoms with van der Waals surface area (Å²) in [6, 6.07) is 11.7. The zero-order valence-corrected chi connectivity index (χ0v) is 14.2. The Morgan fingerprint density at radius 2 is 2.04 bits per heavy atom. The number of aromatic nitrogens is 1. The van der Waals surface area contributed by atoms with E-state index < -0.39 is 0 Å². The molecule has 0 bridgehead atoms. The standard InChI is InChI=1S/C17H16N2O2S2/c1-21-13-6-4-12(5-7-13)10-18-16(20)9-15-17(19-11-23-15)14-3-2-8-22-14/h2-8,11H,9-10H2,1H3,(H,18,20). The summed E-state index contributed by atoms with van der Waals surface area (Å²) < 4.78 is 5.12. The normalized spacial score (nSPS) is 10.5. The zero-order valence-electron chi connectivity index (χ0n) is 12.6. The van der Waals surface area contributed by atoms with Gasteiger partial charge in [-0.3, -0.25) is 4.79 Å². The molecule has 0 saturated heterocycles. The number of thiazole rings is 1. The number of methoxy groups -OCH3 is 1. The monoisotopic (exact) mass is 344 g/mol. The van der Waals surface area contributed by atoms with Crippen LogP contribution in [0.3, 0.4) is 0 Å². The maximum atomic E-state index is 12.2. The quantitative estimate of drug-likeness (QED) is 0.741. The van der Waals surface area contributed by atoms with Crippen molar-refractivity contribution in [2.45, 2.75) is 13.0 Å². The minimum atomic E-state index is 0.00266. The Balaban J connectivity index is 1.58. The van der Waals surface area contributed by atoms with Crippen molar-refractivity contribution in [2.75, 3.05) is 7.11 Å². The summed E-state index contributed by atoms with van der Waals surface area (Å²) in [4.78, 5) is 18.7. The molecule has 0 spiro atoms. The van der Waals surface area contributed by atoms with E-state index in [1.54, 1.807) is 24.0 Å². The van der Waals surface area contributed by atoms with Gasteiger partial charge in [0.15, 0.2) is 0 Å². The van der Waals surface area contributed by atoms with Gasteiger partial charge in [0.25, 0.3) is 0 Å². The van der Waals surface area contributed by atoms with Gasteiger partial charge in [-0.1, -0.05) is 18.2 Å². The molecule has 1 N–H and O–H groups in total. The molecule has 0 saturated carbocycles. The summed E-state index contributed by atoms with van der Waals surface area (Å²) in [5.41, 5.74) is 3.76. The lowest BCUT2D eigenvalue weighted by molar-refractivity contribution is -0.120. The smallest absolute Gasteiger partial charge is 0.225 e. The Morgan fingerprint density at radius 1 is 1.22 bits per heavy atom. The van der Waals surface area contributed by atoms with Gasteiger partial charge in [-0.05, 0) is 29.1 Å². The molecule has 3 rings (SSSR count). The molecule has 0 aliphatic rings. The number of rotatable bonds is 6. The van der Waals surface area contributed by atoms with Gasteiger partial charge in [-0.2, -0.15) is 0 Å². The molecular weight excluding hydrogens is 328 g/mol. The molecule has 2 heterocycles. The molecule has 2 aromatic heterocycles. The van der Waals surface area contributed by atoms with E-state index in [9.17, 15) is 4.79 Å². The number of ether oxygens (including phenoxy) is 1. The minimum absolute atomic E-state index is 0.00266. The third kappa shape index (κ3) is 3.97. The molecule has 1 amide bonds. The lowest BCUT2D eigenvalue weighted by atomic mass is 10.2. The van der Waals surface area contributed by atoms with Gasteiger partial charge in [-0.25, -0.2) is 4.98 Å². The van der Waals surface area contributed by atoms with Crippen LogP contribution in [-0.2, 0) is 17.8 Å². The van der Waals surface area contributed by atoms with Crippen LogP contribution in [0.4, 0.5) is 0 Å². The summed E-state index contributed by atoms with van der Waals surface area (Å²) >= 11 is 3.16. The lowest BCUT2D eigenvalue weighted by Crippen LogP contribution is -2.24. The molecule has 118 valence electrons. The molecule has 0 fully saturated rings. The highest BCUT2D eigenvalue weighted by atomic mass is 32.1. The van der Waals surface area contributed by atoms with E-state index in [0.717, 1.165) is 26.8 Å². The average Bonchev–Trinajstić information content (AvgIpc) is 3.24. The summed E-state index contributed by atoms with van der Waals surface area (Å²) in [6.07, 6.45) is 0.355. The van der Waals surface area contributed by atoms with Crippen LogP contribution in [0.5, 0.6) is 5.75 Å². The fraction of sp³-hybridized carbons (Fsp3) is 0.176. The third-order valence-electron chi connectivity index (χ3n) is 3.37. The Labute approximate surface area is 142 Å². The largest absolute Gasteiger partial charge is 0.497 e. The molecule has 6 heteroatoms. The van der Waals surface area contributed by atoms with Gasteiger partial charge < -0.3 is 10.1 Å². The van der Waals surface area contributed by atoms with Gasteiger partial charge in [0.05, 0.1) is 29.6 Å². The van der Waals surface area contributed by atoms with E-state index in [0.29, 0.717) is 13.0 Å². The fourth-order valence-electron chi connectivity index (χ4n) is 2.16. The number of amides is 1. The second kappa shape index (κ2) is 7.39. The summed E-state index contributed by atoms with van der Waals surface area (Å²) in [5, 5.41) is 4.97. The fourth-order valence-corrected chi connectivity index (χ4v) is 3.75. The van der Waals surface area contributed by atoms with Gasteiger partial charge in [-0.15, -0.1) is 22.7 Å². The van der Waals surface area contributed by atoms with Gasteiger partial charge >= 0.3 is 0 Å². The van der Waals surface area contributed by atoms with Crippen LogP contribution in [0.2, 0.25) is 0 Å². The van der Waals surface area contributed by atoms with Crippen molar-refractivity contribution >= 4 is 28.6 Å². The number of hydrogen-bond donors (Lipinski definition) is 1. The molecule has 4 nitrogen and oxygen atoms in total. The predicted molar refractivity (Wildman–Crippen MR) is 94.0 cm³/mol. The highest BCUT2D eigenvalue weighted by Crippen LogP contribution is 2.29. The molecule has 23 heavy (non-hydrogen) atoms. The zero-order chi connectivity index (χ0) is 16.1. The number of benzene rings is 1. The van der Waals surface area contributed by atoms with Crippen LogP contribution in [-0.4, -0.2) is 18.0 Å². The van der Waals surface area contributed by atoms with Crippen molar-refractivity contribution in [3.63, 3.8) is 0 Å². The molecule has 0 aliphatic carbocycles. The van der Waals surface area contributed by atoms with Crippen molar-refractivity contribution in [1.29, 1.82) is 0 Å².